The minimum absolute atomic E-state index is 0.489. The average molecular weight is 325 g/mol. The van der Waals surface area contributed by atoms with E-state index in [1.165, 1.54) is 5.52 Å². The molecule has 2 aromatic rings. The highest BCUT2D eigenvalue weighted by Gasteiger charge is 2.11. The predicted molar refractivity (Wildman–Crippen MR) is 100 cm³/mol. The van der Waals surface area contributed by atoms with E-state index in [0.717, 1.165) is 56.2 Å². The lowest BCUT2D eigenvalue weighted by Crippen LogP contribution is -2.42. The molecule has 0 bridgehead atoms. The van der Waals surface area contributed by atoms with Crippen molar-refractivity contribution >= 4 is 17.0 Å². The van der Waals surface area contributed by atoms with Crippen LogP contribution in [0.3, 0.4) is 0 Å². The molecule has 0 spiro atoms. The Morgan fingerprint density at radius 1 is 1.29 bits per heavy atom. The van der Waals surface area contributed by atoms with Gasteiger partial charge in [0.1, 0.15) is 5.82 Å². The summed E-state index contributed by atoms with van der Waals surface area (Å²) < 4.78 is 2.28. The van der Waals surface area contributed by atoms with Gasteiger partial charge in [0.15, 0.2) is 5.96 Å². The number of nitrogens with zero attached hydrogens (tertiary/aromatic N) is 3. The molecular formula is C19H27N5. The van der Waals surface area contributed by atoms with Gasteiger partial charge in [-0.1, -0.05) is 24.3 Å². The highest BCUT2D eigenvalue weighted by Crippen LogP contribution is 2.15. The highest BCUT2D eigenvalue weighted by atomic mass is 15.2. The molecule has 1 aromatic heterocycles. The van der Waals surface area contributed by atoms with E-state index in [-0.39, 0.29) is 0 Å². The molecule has 5 heteroatoms. The van der Waals surface area contributed by atoms with Gasteiger partial charge < -0.3 is 15.2 Å². The van der Waals surface area contributed by atoms with E-state index in [4.69, 9.17) is 4.99 Å². The number of benzene rings is 1. The van der Waals surface area contributed by atoms with Gasteiger partial charge in [-0.15, -0.1) is 0 Å². The molecule has 1 aromatic carbocycles. The number of aromatic nitrogens is 2. The summed E-state index contributed by atoms with van der Waals surface area (Å²) in [5.74, 6) is 2.00. The monoisotopic (exact) mass is 325 g/mol. The van der Waals surface area contributed by atoms with Gasteiger partial charge in [-0.05, 0) is 45.2 Å². The first-order valence-corrected chi connectivity index (χ1v) is 8.89. The van der Waals surface area contributed by atoms with Crippen molar-refractivity contribution in [3.8, 4) is 0 Å². The van der Waals surface area contributed by atoms with Crippen molar-refractivity contribution in [2.45, 2.75) is 45.7 Å². The smallest absolute Gasteiger partial charge is 0.191 e. The Labute approximate surface area is 143 Å². The number of fused-ring (bicyclic) bond motifs is 1. The number of aryl methyl sites for hydroxylation is 2. The zero-order valence-electron chi connectivity index (χ0n) is 14.6. The summed E-state index contributed by atoms with van der Waals surface area (Å²) >= 11 is 0. The van der Waals surface area contributed by atoms with E-state index in [2.05, 4.69) is 64.4 Å². The van der Waals surface area contributed by atoms with Gasteiger partial charge in [0, 0.05) is 25.7 Å². The Morgan fingerprint density at radius 3 is 2.88 bits per heavy atom. The Bertz CT molecular complexity index is 720. The fraction of sp³-hybridized carbons (Fsp3) is 0.474. The molecule has 2 N–H and O–H groups in total. The van der Waals surface area contributed by atoms with Crippen LogP contribution in [0.1, 0.15) is 32.0 Å². The van der Waals surface area contributed by atoms with E-state index < -0.39 is 0 Å². The normalized spacial score (nSPS) is 15.3. The molecule has 128 valence electrons. The van der Waals surface area contributed by atoms with E-state index >= 15 is 0 Å². The summed E-state index contributed by atoms with van der Waals surface area (Å²) in [4.78, 5) is 9.34. The van der Waals surface area contributed by atoms with Crippen molar-refractivity contribution in [2.75, 3.05) is 13.1 Å². The van der Waals surface area contributed by atoms with E-state index in [9.17, 15) is 0 Å². The molecule has 1 aliphatic rings. The number of aliphatic imine (C=N–C) groups is 1. The Balaban J connectivity index is 1.56. The third-order valence-corrected chi connectivity index (χ3v) is 4.35. The van der Waals surface area contributed by atoms with Crippen molar-refractivity contribution in [2.24, 2.45) is 4.99 Å². The number of hydrogen-bond acceptors (Lipinski definition) is 2. The Hall–Kier alpha value is -2.30. The van der Waals surface area contributed by atoms with E-state index in [0.29, 0.717) is 6.04 Å². The quantitative estimate of drug-likeness (QED) is 0.371. The maximum absolute atomic E-state index is 4.72. The van der Waals surface area contributed by atoms with Gasteiger partial charge in [0.2, 0.25) is 0 Å². The summed E-state index contributed by atoms with van der Waals surface area (Å²) in [5.41, 5.74) is 2.28. The average Bonchev–Trinajstić information content (AvgIpc) is 3.19. The molecule has 0 radical (unpaired) electrons. The minimum Gasteiger partial charge on any atom is -0.357 e. The van der Waals surface area contributed by atoms with Crippen LogP contribution in [0, 0.1) is 6.92 Å². The van der Waals surface area contributed by atoms with Gasteiger partial charge in [-0.25, -0.2) is 4.98 Å². The van der Waals surface area contributed by atoms with Crippen LogP contribution >= 0.6 is 0 Å². The van der Waals surface area contributed by atoms with E-state index in [1.54, 1.807) is 0 Å². The van der Waals surface area contributed by atoms with Crippen molar-refractivity contribution in [1.29, 1.82) is 0 Å². The molecule has 5 nitrogen and oxygen atoms in total. The van der Waals surface area contributed by atoms with Gasteiger partial charge in [-0.2, -0.15) is 0 Å². The second-order valence-corrected chi connectivity index (χ2v) is 6.20. The number of para-hydroxylation sites is 2. The molecule has 0 saturated carbocycles. The zero-order chi connectivity index (χ0) is 16.8. The largest absolute Gasteiger partial charge is 0.357 e. The van der Waals surface area contributed by atoms with Gasteiger partial charge >= 0.3 is 0 Å². The van der Waals surface area contributed by atoms with Crippen LogP contribution in [-0.2, 0) is 6.54 Å². The molecule has 0 unspecified atom stereocenters. The topological polar surface area (TPSA) is 54.2 Å². The molecule has 0 amide bonds. The summed E-state index contributed by atoms with van der Waals surface area (Å²) in [6.07, 6.45) is 7.64. The molecule has 3 rings (SSSR count). The molecule has 0 fully saturated rings. The summed E-state index contributed by atoms with van der Waals surface area (Å²) in [6.45, 7) is 6.81. The molecule has 0 saturated heterocycles. The summed E-state index contributed by atoms with van der Waals surface area (Å²) in [5, 5.41) is 6.84. The van der Waals surface area contributed by atoms with Gasteiger partial charge in [0.05, 0.1) is 11.0 Å². The fourth-order valence-electron chi connectivity index (χ4n) is 3.15. The first-order valence-electron chi connectivity index (χ1n) is 8.89. The molecule has 24 heavy (non-hydrogen) atoms. The fourth-order valence-corrected chi connectivity index (χ4v) is 3.15. The van der Waals surface area contributed by atoms with Crippen LogP contribution in [-0.4, -0.2) is 34.6 Å². The lowest BCUT2D eigenvalue weighted by atomic mass is 10.2. The van der Waals surface area contributed by atoms with Crippen LogP contribution in [0.2, 0.25) is 0 Å². The Morgan fingerprint density at radius 2 is 2.08 bits per heavy atom. The van der Waals surface area contributed by atoms with Crippen molar-refractivity contribution in [3.05, 3.63) is 42.2 Å². The number of nitrogens with one attached hydrogen (secondary N) is 2. The number of guanidine groups is 1. The highest BCUT2D eigenvalue weighted by molar-refractivity contribution is 5.80. The van der Waals surface area contributed by atoms with Gasteiger partial charge in [0.25, 0.3) is 0 Å². The molecular weight excluding hydrogens is 298 g/mol. The molecule has 0 aliphatic heterocycles. The molecule has 0 atom stereocenters. The first-order chi connectivity index (χ1) is 11.8. The molecule has 1 heterocycles. The summed E-state index contributed by atoms with van der Waals surface area (Å²) in [7, 11) is 0. The third-order valence-electron chi connectivity index (χ3n) is 4.35. The van der Waals surface area contributed by atoms with Crippen LogP contribution in [0.15, 0.2) is 41.4 Å². The number of hydrogen-bond donors (Lipinski definition) is 2. The molecule has 1 aliphatic carbocycles. The third kappa shape index (κ3) is 3.96. The van der Waals surface area contributed by atoms with Crippen LogP contribution in [0.4, 0.5) is 0 Å². The number of imidazole rings is 1. The standard InChI is InChI=1S/C19H27N5/c1-3-20-19(23-16-9-4-5-10-16)21-13-8-14-24-15(2)22-17-11-6-7-12-18(17)24/h4-7,11-12,16H,3,8-10,13-14H2,1-2H3,(H2,20,21,23). The van der Waals surface area contributed by atoms with Crippen LogP contribution < -0.4 is 10.6 Å². The van der Waals surface area contributed by atoms with Crippen molar-refractivity contribution < 1.29 is 0 Å². The van der Waals surface area contributed by atoms with Crippen LogP contribution in [0.5, 0.6) is 0 Å². The first kappa shape index (κ1) is 16.6. The second-order valence-electron chi connectivity index (χ2n) is 6.20. The zero-order valence-corrected chi connectivity index (χ0v) is 14.6. The second kappa shape index (κ2) is 7.99. The van der Waals surface area contributed by atoms with E-state index in [1.807, 2.05) is 6.07 Å². The van der Waals surface area contributed by atoms with Crippen molar-refractivity contribution in [1.82, 2.24) is 20.2 Å². The van der Waals surface area contributed by atoms with Crippen molar-refractivity contribution in [3.63, 3.8) is 0 Å². The minimum atomic E-state index is 0.489. The number of rotatable bonds is 6. The maximum Gasteiger partial charge on any atom is 0.191 e. The SMILES string of the molecule is CCNC(=NCCCn1c(C)nc2ccccc21)NC1CC=CC1. The predicted octanol–water partition coefficient (Wildman–Crippen LogP) is 3.01. The maximum atomic E-state index is 4.72. The van der Waals surface area contributed by atoms with Crippen LogP contribution in [0.25, 0.3) is 11.0 Å². The lowest BCUT2D eigenvalue weighted by Gasteiger charge is -2.16. The Kier molecular flexibility index (Phi) is 5.51. The summed E-state index contributed by atoms with van der Waals surface area (Å²) in [6, 6.07) is 8.80. The lowest BCUT2D eigenvalue weighted by molar-refractivity contribution is 0.621. The van der Waals surface area contributed by atoms with Gasteiger partial charge in [-0.3, -0.25) is 4.99 Å².